The molecule has 12 nitrogen and oxygen atoms in total. The molecule has 270 valence electrons. The molecule has 50 heavy (non-hydrogen) atoms. The first kappa shape index (κ1) is 38.5. The number of hydrogen-bond acceptors (Lipinski definition) is 8. The molecule has 4 N–H and O–H groups in total. The summed E-state index contributed by atoms with van der Waals surface area (Å²) in [6.45, 7) is 4.04. The van der Waals surface area contributed by atoms with Crippen LogP contribution in [0.4, 0.5) is 4.79 Å². The SMILES string of the molecule is CC[C@H](C)[C@H](NC(=O)N(C)Cc1ccccn1)C(=O)N[C@@H](Cc1ccccc1)[C@H](O)CN(CC1CCCC1)S(=O)(=O)c1ccc(/C=N/O)cc1. The summed E-state index contributed by atoms with van der Waals surface area (Å²) in [6, 6.07) is 18.6. The highest BCUT2D eigenvalue weighted by molar-refractivity contribution is 7.89. The smallest absolute Gasteiger partial charge is 0.318 e. The molecule has 13 heteroatoms. The maximum absolute atomic E-state index is 14.1. The zero-order valence-corrected chi connectivity index (χ0v) is 29.9. The molecular weight excluding hydrogens is 657 g/mol. The van der Waals surface area contributed by atoms with Gasteiger partial charge < -0.3 is 25.8 Å². The van der Waals surface area contributed by atoms with Gasteiger partial charge in [0.25, 0.3) is 0 Å². The Morgan fingerprint density at radius 3 is 2.32 bits per heavy atom. The predicted octanol–water partition coefficient (Wildman–Crippen LogP) is 4.42. The van der Waals surface area contributed by atoms with Crippen LogP contribution in [0.3, 0.4) is 0 Å². The third-order valence-electron chi connectivity index (χ3n) is 9.39. The maximum atomic E-state index is 14.1. The maximum Gasteiger partial charge on any atom is 0.318 e. The van der Waals surface area contributed by atoms with Gasteiger partial charge in [0, 0.05) is 26.3 Å². The lowest BCUT2D eigenvalue weighted by atomic mass is 9.96. The molecule has 1 aliphatic rings. The summed E-state index contributed by atoms with van der Waals surface area (Å²) in [4.78, 5) is 33.1. The van der Waals surface area contributed by atoms with E-state index in [-0.39, 0.29) is 42.8 Å². The van der Waals surface area contributed by atoms with Gasteiger partial charge in [-0.3, -0.25) is 9.78 Å². The van der Waals surface area contributed by atoms with Crippen LogP contribution in [-0.2, 0) is 27.8 Å². The number of benzene rings is 2. The van der Waals surface area contributed by atoms with Crippen molar-refractivity contribution in [1.29, 1.82) is 0 Å². The fourth-order valence-corrected chi connectivity index (χ4v) is 7.74. The highest BCUT2D eigenvalue weighted by Crippen LogP contribution is 2.28. The van der Waals surface area contributed by atoms with E-state index in [4.69, 9.17) is 5.21 Å². The van der Waals surface area contributed by atoms with E-state index in [0.717, 1.165) is 31.2 Å². The number of nitrogens with zero attached hydrogens (tertiary/aromatic N) is 4. The van der Waals surface area contributed by atoms with Crippen LogP contribution in [0.2, 0.25) is 0 Å². The van der Waals surface area contributed by atoms with E-state index in [1.807, 2.05) is 56.3 Å². The Hall–Kier alpha value is -4.33. The predicted molar refractivity (Wildman–Crippen MR) is 192 cm³/mol. The Bertz CT molecular complexity index is 1640. The van der Waals surface area contributed by atoms with Crippen molar-refractivity contribution in [2.45, 2.75) is 82.0 Å². The first-order valence-corrected chi connectivity index (χ1v) is 18.7. The number of sulfonamides is 1. The fraction of sp³-hybridized carbons (Fsp3) is 0.459. The number of urea groups is 1. The second-order valence-corrected chi connectivity index (χ2v) is 15.1. The van der Waals surface area contributed by atoms with Crippen molar-refractivity contribution >= 4 is 28.2 Å². The molecule has 1 fully saturated rings. The van der Waals surface area contributed by atoms with Gasteiger partial charge in [-0.15, -0.1) is 0 Å². The molecular formula is C37H50N6O6S. The largest absolute Gasteiger partial charge is 0.411 e. The molecule has 1 saturated carbocycles. The summed E-state index contributed by atoms with van der Waals surface area (Å²) < 4.78 is 29.5. The quantitative estimate of drug-likeness (QED) is 0.0917. The topological polar surface area (TPSA) is 165 Å². The molecule has 0 radical (unpaired) electrons. The molecule has 1 aliphatic carbocycles. The van der Waals surface area contributed by atoms with E-state index in [2.05, 4.69) is 20.8 Å². The Morgan fingerprint density at radius 2 is 1.70 bits per heavy atom. The molecule has 0 unspecified atom stereocenters. The van der Waals surface area contributed by atoms with Crippen LogP contribution >= 0.6 is 0 Å². The van der Waals surface area contributed by atoms with Gasteiger partial charge in [-0.25, -0.2) is 13.2 Å². The summed E-state index contributed by atoms with van der Waals surface area (Å²) in [5, 5.41) is 29.6. The monoisotopic (exact) mass is 706 g/mol. The first-order chi connectivity index (χ1) is 24.0. The van der Waals surface area contributed by atoms with Gasteiger partial charge in [-0.05, 0) is 66.5 Å². The van der Waals surface area contributed by atoms with E-state index in [9.17, 15) is 23.1 Å². The van der Waals surface area contributed by atoms with Crippen LogP contribution in [-0.4, -0.2) is 89.4 Å². The lowest BCUT2D eigenvalue weighted by molar-refractivity contribution is -0.125. The van der Waals surface area contributed by atoms with Gasteiger partial charge >= 0.3 is 6.03 Å². The minimum atomic E-state index is -4.05. The zero-order valence-electron chi connectivity index (χ0n) is 29.1. The minimum Gasteiger partial charge on any atom is -0.411 e. The number of aliphatic hydroxyl groups excluding tert-OH is 1. The molecule has 2 aromatic carbocycles. The van der Waals surface area contributed by atoms with Gasteiger partial charge in [-0.2, -0.15) is 4.31 Å². The van der Waals surface area contributed by atoms with Crippen LogP contribution in [0.5, 0.6) is 0 Å². The van der Waals surface area contributed by atoms with Gasteiger partial charge in [-0.1, -0.05) is 86.8 Å². The average molecular weight is 707 g/mol. The average Bonchev–Trinajstić information content (AvgIpc) is 3.64. The summed E-state index contributed by atoms with van der Waals surface area (Å²) in [6.07, 6.45) is 6.24. The molecule has 4 rings (SSSR count). The van der Waals surface area contributed by atoms with Crippen molar-refractivity contribution in [3.05, 3.63) is 95.8 Å². The van der Waals surface area contributed by atoms with Gasteiger partial charge in [0.2, 0.25) is 15.9 Å². The Morgan fingerprint density at radius 1 is 1.02 bits per heavy atom. The number of hydrogen-bond donors (Lipinski definition) is 4. The third kappa shape index (κ3) is 10.8. The number of carbonyl (C=O) groups excluding carboxylic acids is 2. The number of pyridine rings is 1. The van der Waals surface area contributed by atoms with Crippen molar-refractivity contribution in [1.82, 2.24) is 24.8 Å². The highest BCUT2D eigenvalue weighted by atomic mass is 32.2. The second-order valence-electron chi connectivity index (χ2n) is 13.1. The van der Waals surface area contributed by atoms with Crippen molar-refractivity contribution < 1.29 is 28.3 Å². The normalized spacial score (nSPS) is 16.2. The molecule has 4 atom stereocenters. The summed E-state index contributed by atoms with van der Waals surface area (Å²) >= 11 is 0. The lowest BCUT2D eigenvalue weighted by Gasteiger charge is -2.33. The molecule has 3 aromatic rings. The van der Waals surface area contributed by atoms with E-state index in [1.54, 1.807) is 31.4 Å². The number of carbonyl (C=O) groups is 2. The van der Waals surface area contributed by atoms with Crippen LogP contribution < -0.4 is 10.6 Å². The van der Waals surface area contributed by atoms with E-state index >= 15 is 0 Å². The van der Waals surface area contributed by atoms with Crippen molar-refractivity contribution in [2.24, 2.45) is 17.0 Å². The van der Waals surface area contributed by atoms with Gasteiger partial charge in [0.1, 0.15) is 6.04 Å². The third-order valence-corrected chi connectivity index (χ3v) is 11.2. The zero-order chi connectivity index (χ0) is 36.1. The molecule has 3 amide bonds. The Labute approximate surface area is 295 Å². The van der Waals surface area contributed by atoms with Crippen molar-refractivity contribution in [3.63, 3.8) is 0 Å². The van der Waals surface area contributed by atoms with E-state index < -0.39 is 40.1 Å². The Balaban J connectivity index is 1.58. The van der Waals surface area contributed by atoms with Gasteiger partial charge in [0.15, 0.2) is 0 Å². The molecule has 0 saturated heterocycles. The number of amides is 3. The van der Waals surface area contributed by atoms with Crippen molar-refractivity contribution in [3.8, 4) is 0 Å². The number of oxime groups is 1. The highest BCUT2D eigenvalue weighted by Gasteiger charge is 2.35. The lowest BCUT2D eigenvalue weighted by Crippen LogP contribution is -2.58. The van der Waals surface area contributed by atoms with Gasteiger partial charge in [0.05, 0.1) is 35.5 Å². The van der Waals surface area contributed by atoms with E-state index in [1.165, 1.54) is 27.6 Å². The minimum absolute atomic E-state index is 0.0517. The summed E-state index contributed by atoms with van der Waals surface area (Å²) in [5.41, 5.74) is 2.08. The molecule has 1 aromatic heterocycles. The number of nitrogens with one attached hydrogen (secondary N) is 2. The number of rotatable bonds is 17. The van der Waals surface area contributed by atoms with Crippen molar-refractivity contribution in [2.75, 3.05) is 20.1 Å². The molecule has 0 aliphatic heterocycles. The standard InChI is InChI=1S/C37H50N6O6S/c1-4-27(2)35(41-37(46)42(3)25-31-16-10-11-21-38-31)36(45)40-33(22-28-12-6-5-7-13-28)34(44)26-43(24-30-14-8-9-15-30)50(48,49)32-19-17-29(18-20-32)23-39-47/h5-7,10-13,16-21,23,27,30,33-35,44,47H,4,8-9,14-15,22,24-26H2,1-3H3,(H,40,45)(H,41,46)/b39-23+/t27-,33-,34+,35-/m0/s1. The van der Waals surface area contributed by atoms with Crippen LogP contribution in [0.1, 0.15) is 62.8 Å². The summed E-state index contributed by atoms with van der Waals surface area (Å²) in [5.74, 6) is -0.562. The second kappa shape index (κ2) is 18.6. The molecule has 1 heterocycles. The first-order valence-electron chi connectivity index (χ1n) is 17.2. The van der Waals surface area contributed by atoms with E-state index in [0.29, 0.717) is 17.7 Å². The Kier molecular flexibility index (Phi) is 14.3. The molecule has 0 bridgehead atoms. The van der Waals surface area contributed by atoms with Crippen LogP contribution in [0, 0.1) is 11.8 Å². The van der Waals surface area contributed by atoms with Crippen LogP contribution in [0.25, 0.3) is 0 Å². The number of aliphatic hydroxyl groups is 1. The van der Waals surface area contributed by atoms with Crippen LogP contribution in [0.15, 0.2) is 89.0 Å². The fourth-order valence-electron chi connectivity index (χ4n) is 6.20. The number of aromatic nitrogens is 1. The summed E-state index contributed by atoms with van der Waals surface area (Å²) in [7, 11) is -2.42. The molecule has 0 spiro atoms.